The van der Waals surface area contributed by atoms with E-state index in [2.05, 4.69) is 0 Å². The van der Waals surface area contributed by atoms with Gasteiger partial charge in [-0.25, -0.2) is 0 Å². The van der Waals surface area contributed by atoms with Crippen LogP contribution in [-0.2, 0) is 24.1 Å². The van der Waals surface area contributed by atoms with E-state index < -0.39 is 5.97 Å². The lowest BCUT2D eigenvalue weighted by Gasteiger charge is -2.10. The first-order valence-electron chi connectivity index (χ1n) is 5.14. The number of rotatable bonds is 2. The first kappa shape index (κ1) is 10.0. The Morgan fingerprint density at radius 3 is 2.73 bits per heavy atom. The van der Waals surface area contributed by atoms with Gasteiger partial charge in [0, 0.05) is 5.56 Å². The third-order valence-corrected chi connectivity index (χ3v) is 3.02. The summed E-state index contributed by atoms with van der Waals surface area (Å²) in [5.74, 6) is -0.696. The van der Waals surface area contributed by atoms with Crippen molar-refractivity contribution < 1.29 is 15.0 Å². The minimum atomic E-state index is -0.900. The van der Waals surface area contributed by atoms with Crippen LogP contribution in [0.1, 0.15) is 28.7 Å². The van der Waals surface area contributed by atoms with Crippen molar-refractivity contribution in [3.8, 4) is 5.75 Å². The summed E-state index contributed by atoms with van der Waals surface area (Å²) in [7, 11) is 0. The van der Waals surface area contributed by atoms with Gasteiger partial charge in [-0.1, -0.05) is 6.07 Å². The van der Waals surface area contributed by atoms with Crippen LogP contribution in [0.4, 0.5) is 0 Å². The molecule has 0 aromatic heterocycles. The Hall–Kier alpha value is -1.51. The van der Waals surface area contributed by atoms with E-state index in [0.717, 1.165) is 30.4 Å². The molecule has 80 valence electrons. The highest BCUT2D eigenvalue weighted by atomic mass is 16.4. The molecule has 0 amide bonds. The lowest BCUT2D eigenvalue weighted by Crippen LogP contribution is -2.03. The van der Waals surface area contributed by atoms with Crippen LogP contribution in [0, 0.1) is 6.92 Å². The molecule has 1 aliphatic carbocycles. The maximum atomic E-state index is 10.6. The SMILES string of the molecule is Cc1cc(CC(=O)O)c(O)c2c1CCC2. The first-order chi connectivity index (χ1) is 7.09. The zero-order chi connectivity index (χ0) is 11.0. The van der Waals surface area contributed by atoms with Gasteiger partial charge in [0.25, 0.3) is 0 Å². The third kappa shape index (κ3) is 1.69. The number of phenols is 1. The predicted molar refractivity (Wildman–Crippen MR) is 56.2 cm³/mol. The Kier molecular flexibility index (Phi) is 2.39. The summed E-state index contributed by atoms with van der Waals surface area (Å²) in [6.45, 7) is 1.98. The molecule has 2 rings (SSSR count). The molecule has 0 saturated carbocycles. The topological polar surface area (TPSA) is 57.5 Å². The highest BCUT2D eigenvalue weighted by Crippen LogP contribution is 2.35. The maximum absolute atomic E-state index is 10.6. The molecular formula is C12H14O3. The standard InChI is InChI=1S/C12H14O3/c1-7-5-8(6-11(13)14)12(15)10-4-2-3-9(7)10/h5,15H,2-4,6H2,1H3,(H,13,14). The molecule has 0 unspecified atom stereocenters. The zero-order valence-electron chi connectivity index (χ0n) is 8.71. The fourth-order valence-corrected chi connectivity index (χ4v) is 2.35. The molecule has 0 fully saturated rings. The number of hydrogen-bond donors (Lipinski definition) is 2. The fraction of sp³-hybridized carbons (Fsp3) is 0.417. The van der Waals surface area contributed by atoms with E-state index in [1.165, 1.54) is 5.56 Å². The van der Waals surface area contributed by atoms with Crippen LogP contribution in [-0.4, -0.2) is 16.2 Å². The summed E-state index contributed by atoms with van der Waals surface area (Å²) >= 11 is 0. The molecule has 0 heterocycles. The second kappa shape index (κ2) is 3.57. The second-order valence-electron chi connectivity index (χ2n) is 4.08. The molecule has 3 heteroatoms. The number of benzene rings is 1. The van der Waals surface area contributed by atoms with E-state index in [4.69, 9.17) is 5.11 Å². The van der Waals surface area contributed by atoms with E-state index in [9.17, 15) is 9.90 Å². The van der Waals surface area contributed by atoms with Crippen molar-refractivity contribution in [2.24, 2.45) is 0 Å². The number of aryl methyl sites for hydroxylation is 1. The number of carboxylic acid groups (broad SMARTS) is 1. The third-order valence-electron chi connectivity index (χ3n) is 3.02. The fourth-order valence-electron chi connectivity index (χ4n) is 2.35. The Morgan fingerprint density at radius 2 is 2.07 bits per heavy atom. The summed E-state index contributed by atoms with van der Waals surface area (Å²) in [4.78, 5) is 10.6. The van der Waals surface area contributed by atoms with Crippen molar-refractivity contribution >= 4 is 5.97 Å². The first-order valence-corrected chi connectivity index (χ1v) is 5.14. The van der Waals surface area contributed by atoms with Gasteiger partial charge in [-0.15, -0.1) is 0 Å². The molecule has 1 aromatic rings. The monoisotopic (exact) mass is 206 g/mol. The molecule has 0 spiro atoms. The van der Waals surface area contributed by atoms with Crippen molar-refractivity contribution in [2.75, 3.05) is 0 Å². The van der Waals surface area contributed by atoms with E-state index in [0.29, 0.717) is 5.56 Å². The summed E-state index contributed by atoms with van der Waals surface area (Å²) < 4.78 is 0. The molecule has 0 bridgehead atoms. The predicted octanol–water partition coefficient (Wildman–Crippen LogP) is 1.82. The Morgan fingerprint density at radius 1 is 1.40 bits per heavy atom. The van der Waals surface area contributed by atoms with E-state index >= 15 is 0 Å². The van der Waals surface area contributed by atoms with Gasteiger partial charge < -0.3 is 10.2 Å². The molecule has 1 aliphatic rings. The number of aromatic hydroxyl groups is 1. The molecule has 0 radical (unpaired) electrons. The van der Waals surface area contributed by atoms with Gasteiger partial charge in [0.05, 0.1) is 6.42 Å². The van der Waals surface area contributed by atoms with Crippen LogP contribution >= 0.6 is 0 Å². The molecule has 0 aliphatic heterocycles. The Balaban J connectivity index is 2.50. The number of carbonyl (C=O) groups is 1. The number of carboxylic acids is 1. The zero-order valence-corrected chi connectivity index (χ0v) is 8.71. The largest absolute Gasteiger partial charge is 0.507 e. The van der Waals surface area contributed by atoms with E-state index in [-0.39, 0.29) is 12.2 Å². The van der Waals surface area contributed by atoms with E-state index in [1.54, 1.807) is 6.07 Å². The van der Waals surface area contributed by atoms with Crippen LogP contribution in [0.2, 0.25) is 0 Å². The molecule has 2 N–H and O–H groups in total. The van der Waals surface area contributed by atoms with Crippen molar-refractivity contribution in [1.29, 1.82) is 0 Å². The van der Waals surface area contributed by atoms with Crippen LogP contribution in [0.25, 0.3) is 0 Å². The molecule has 0 saturated heterocycles. The summed E-state index contributed by atoms with van der Waals surface area (Å²) in [6.07, 6.45) is 2.83. The molecule has 15 heavy (non-hydrogen) atoms. The highest BCUT2D eigenvalue weighted by molar-refractivity contribution is 5.72. The van der Waals surface area contributed by atoms with Gasteiger partial charge in [0.2, 0.25) is 0 Å². The molecule has 3 nitrogen and oxygen atoms in total. The van der Waals surface area contributed by atoms with Gasteiger partial charge in [-0.3, -0.25) is 4.79 Å². The number of aliphatic carboxylic acids is 1. The van der Waals surface area contributed by atoms with Gasteiger partial charge in [-0.05, 0) is 42.9 Å². The molecule has 0 atom stereocenters. The van der Waals surface area contributed by atoms with Crippen molar-refractivity contribution in [3.05, 3.63) is 28.3 Å². The lowest BCUT2D eigenvalue weighted by atomic mass is 9.97. The lowest BCUT2D eigenvalue weighted by molar-refractivity contribution is -0.136. The number of phenolic OH excluding ortho intramolecular Hbond substituents is 1. The smallest absolute Gasteiger partial charge is 0.307 e. The summed E-state index contributed by atoms with van der Waals surface area (Å²) in [6, 6.07) is 1.80. The minimum absolute atomic E-state index is 0.0973. The highest BCUT2D eigenvalue weighted by Gasteiger charge is 2.20. The van der Waals surface area contributed by atoms with Crippen molar-refractivity contribution in [1.82, 2.24) is 0 Å². The van der Waals surface area contributed by atoms with Gasteiger partial charge >= 0.3 is 5.97 Å². The Labute approximate surface area is 88.4 Å². The van der Waals surface area contributed by atoms with Gasteiger partial charge in [0.1, 0.15) is 5.75 Å². The van der Waals surface area contributed by atoms with Crippen molar-refractivity contribution in [3.63, 3.8) is 0 Å². The van der Waals surface area contributed by atoms with Gasteiger partial charge in [-0.2, -0.15) is 0 Å². The van der Waals surface area contributed by atoms with Crippen molar-refractivity contribution in [2.45, 2.75) is 32.6 Å². The van der Waals surface area contributed by atoms with Crippen LogP contribution in [0.5, 0.6) is 5.75 Å². The van der Waals surface area contributed by atoms with Crippen LogP contribution in [0.3, 0.4) is 0 Å². The average Bonchev–Trinajstić information content (AvgIpc) is 2.61. The van der Waals surface area contributed by atoms with Crippen LogP contribution < -0.4 is 0 Å². The van der Waals surface area contributed by atoms with E-state index in [1.807, 2.05) is 6.92 Å². The number of hydrogen-bond acceptors (Lipinski definition) is 2. The molecular weight excluding hydrogens is 192 g/mol. The van der Waals surface area contributed by atoms with Gasteiger partial charge in [0.15, 0.2) is 0 Å². The summed E-state index contributed by atoms with van der Waals surface area (Å²) in [5.41, 5.74) is 3.82. The quantitative estimate of drug-likeness (QED) is 0.776. The average molecular weight is 206 g/mol. The second-order valence-corrected chi connectivity index (χ2v) is 4.08. The van der Waals surface area contributed by atoms with Crippen LogP contribution in [0.15, 0.2) is 6.07 Å². The number of fused-ring (bicyclic) bond motifs is 1. The summed E-state index contributed by atoms with van der Waals surface area (Å²) in [5, 5.41) is 18.6. The Bertz CT molecular complexity index is 421. The normalized spacial score (nSPS) is 13.9. The molecule has 1 aromatic carbocycles. The minimum Gasteiger partial charge on any atom is -0.507 e. The maximum Gasteiger partial charge on any atom is 0.307 e.